The van der Waals surface area contributed by atoms with Gasteiger partial charge >= 0.3 is 0 Å². The van der Waals surface area contributed by atoms with E-state index < -0.39 is 0 Å². The molecule has 0 bridgehead atoms. The van der Waals surface area contributed by atoms with Gasteiger partial charge in [-0.3, -0.25) is 0 Å². The van der Waals surface area contributed by atoms with Crippen LogP contribution >= 0.6 is 11.6 Å². The highest BCUT2D eigenvalue weighted by atomic mass is 35.5. The number of hydrogen-bond donors (Lipinski definition) is 1. The lowest BCUT2D eigenvalue weighted by Gasteiger charge is -2.15. The topological polar surface area (TPSA) is 12.0 Å². The molecule has 0 saturated heterocycles. The average molecular weight is 264 g/mol. The zero-order chi connectivity index (χ0) is 13.0. The normalized spacial score (nSPS) is 12.2. The van der Waals surface area contributed by atoms with Crippen molar-refractivity contribution in [1.29, 1.82) is 0 Å². The van der Waals surface area contributed by atoms with E-state index in [4.69, 9.17) is 11.6 Å². The van der Waals surface area contributed by atoms with E-state index in [0.29, 0.717) is 0 Å². The molecule has 1 unspecified atom stereocenters. The molecule has 0 saturated carbocycles. The smallest absolute Gasteiger partial charge is 0.125 e. The van der Waals surface area contributed by atoms with Crippen LogP contribution in [0.15, 0.2) is 48.5 Å². The first-order valence-corrected chi connectivity index (χ1v) is 6.28. The maximum Gasteiger partial charge on any atom is 0.125 e. The number of hydrogen-bond acceptors (Lipinski definition) is 1. The number of nitrogens with one attached hydrogen (secondary N) is 1. The summed E-state index contributed by atoms with van der Waals surface area (Å²) < 4.78 is 13.0. The van der Waals surface area contributed by atoms with E-state index in [-0.39, 0.29) is 11.9 Å². The van der Waals surface area contributed by atoms with Gasteiger partial charge in [-0.2, -0.15) is 0 Å². The van der Waals surface area contributed by atoms with Gasteiger partial charge in [-0.15, -0.1) is 0 Å². The zero-order valence-electron chi connectivity index (χ0n) is 10.2. The fraction of sp³-hybridized carbons (Fsp3) is 0.200. The fourth-order valence-electron chi connectivity index (χ4n) is 1.89. The third kappa shape index (κ3) is 3.74. The second-order valence-electron chi connectivity index (χ2n) is 4.39. The molecule has 18 heavy (non-hydrogen) atoms. The predicted octanol–water partition coefficient (Wildman–Crippen LogP) is 4.52. The number of anilines is 1. The maximum absolute atomic E-state index is 13.0. The molecule has 1 nitrogen and oxygen atoms in total. The predicted molar refractivity (Wildman–Crippen MR) is 74.6 cm³/mol. The van der Waals surface area contributed by atoms with E-state index in [1.54, 1.807) is 6.07 Å². The Kier molecular flexibility index (Phi) is 4.21. The quantitative estimate of drug-likeness (QED) is 0.855. The molecule has 1 atom stereocenters. The molecule has 0 fully saturated rings. The summed E-state index contributed by atoms with van der Waals surface area (Å²) >= 11 is 5.84. The first-order valence-electron chi connectivity index (χ1n) is 5.90. The Morgan fingerprint density at radius 1 is 1.17 bits per heavy atom. The molecular formula is C15H15ClFN. The average Bonchev–Trinajstić information content (AvgIpc) is 2.32. The maximum atomic E-state index is 13.0. The number of halogens is 2. The van der Waals surface area contributed by atoms with Crippen molar-refractivity contribution in [3.63, 3.8) is 0 Å². The van der Waals surface area contributed by atoms with Crippen LogP contribution in [0, 0.1) is 5.82 Å². The Labute approximate surface area is 112 Å². The monoisotopic (exact) mass is 263 g/mol. The molecular weight excluding hydrogens is 249 g/mol. The van der Waals surface area contributed by atoms with E-state index in [9.17, 15) is 4.39 Å². The van der Waals surface area contributed by atoms with Crippen LogP contribution in [0.25, 0.3) is 0 Å². The number of rotatable bonds is 4. The Bertz CT molecular complexity index is 510. The van der Waals surface area contributed by atoms with Crippen LogP contribution in [-0.4, -0.2) is 6.04 Å². The van der Waals surface area contributed by atoms with Crippen LogP contribution in [-0.2, 0) is 6.42 Å². The lowest BCUT2D eigenvalue weighted by Crippen LogP contribution is -2.18. The van der Waals surface area contributed by atoms with E-state index in [2.05, 4.69) is 12.2 Å². The molecule has 3 heteroatoms. The highest BCUT2D eigenvalue weighted by Gasteiger charge is 2.04. The summed E-state index contributed by atoms with van der Waals surface area (Å²) in [7, 11) is 0. The Balaban J connectivity index is 1.96. The zero-order valence-corrected chi connectivity index (χ0v) is 10.9. The van der Waals surface area contributed by atoms with E-state index in [1.165, 1.54) is 17.7 Å². The fourth-order valence-corrected chi connectivity index (χ4v) is 2.01. The van der Waals surface area contributed by atoms with Gasteiger partial charge in [-0.25, -0.2) is 4.39 Å². The van der Waals surface area contributed by atoms with Crippen molar-refractivity contribution in [2.24, 2.45) is 0 Å². The summed E-state index contributed by atoms with van der Waals surface area (Å²) in [5, 5.41) is 4.01. The molecule has 2 aromatic carbocycles. The molecule has 2 rings (SSSR count). The van der Waals surface area contributed by atoms with E-state index in [0.717, 1.165) is 17.1 Å². The van der Waals surface area contributed by atoms with Gasteiger partial charge in [0, 0.05) is 16.8 Å². The van der Waals surface area contributed by atoms with Crippen LogP contribution in [0.3, 0.4) is 0 Å². The number of benzene rings is 2. The minimum Gasteiger partial charge on any atom is -0.382 e. The molecule has 0 radical (unpaired) electrons. The molecule has 0 aromatic heterocycles. The van der Waals surface area contributed by atoms with Gasteiger partial charge in [-0.1, -0.05) is 29.8 Å². The second kappa shape index (κ2) is 5.87. The van der Waals surface area contributed by atoms with Gasteiger partial charge in [0.05, 0.1) is 0 Å². The first kappa shape index (κ1) is 12.9. The van der Waals surface area contributed by atoms with Crippen molar-refractivity contribution in [3.8, 4) is 0 Å². The third-order valence-electron chi connectivity index (χ3n) is 2.69. The van der Waals surface area contributed by atoms with Crippen molar-refractivity contribution >= 4 is 17.3 Å². The summed E-state index contributed by atoms with van der Waals surface area (Å²) in [5.41, 5.74) is 2.01. The SMILES string of the molecule is CC(Cc1ccc(Cl)cc1)Nc1cccc(F)c1. The van der Waals surface area contributed by atoms with Crippen LogP contribution < -0.4 is 5.32 Å². The van der Waals surface area contributed by atoms with Crippen LogP contribution in [0.1, 0.15) is 12.5 Å². The van der Waals surface area contributed by atoms with Gasteiger partial charge in [0.2, 0.25) is 0 Å². The van der Waals surface area contributed by atoms with Crippen LogP contribution in [0.5, 0.6) is 0 Å². The molecule has 0 aliphatic rings. The van der Waals surface area contributed by atoms with Gasteiger partial charge in [0.1, 0.15) is 5.82 Å². The molecule has 2 aromatic rings. The van der Waals surface area contributed by atoms with Crippen LogP contribution in [0.2, 0.25) is 5.02 Å². The highest BCUT2D eigenvalue weighted by Crippen LogP contribution is 2.14. The standard InChI is InChI=1S/C15H15ClFN/c1-11(9-12-5-7-13(16)8-6-12)18-15-4-2-3-14(17)10-15/h2-8,10-11,18H,9H2,1H3. The van der Waals surface area contributed by atoms with E-state index in [1.807, 2.05) is 30.3 Å². The molecule has 0 aliphatic heterocycles. The molecule has 94 valence electrons. The molecule has 0 heterocycles. The second-order valence-corrected chi connectivity index (χ2v) is 4.82. The van der Waals surface area contributed by atoms with Crippen molar-refractivity contribution in [1.82, 2.24) is 0 Å². The Morgan fingerprint density at radius 2 is 1.89 bits per heavy atom. The minimum absolute atomic E-state index is 0.223. The van der Waals surface area contributed by atoms with Crippen molar-refractivity contribution in [2.45, 2.75) is 19.4 Å². The summed E-state index contributed by atoms with van der Waals surface area (Å²) in [4.78, 5) is 0. The van der Waals surface area contributed by atoms with Gasteiger partial charge in [-0.05, 0) is 49.2 Å². The van der Waals surface area contributed by atoms with Crippen LogP contribution in [0.4, 0.5) is 10.1 Å². The summed E-state index contributed by atoms with van der Waals surface area (Å²) in [6, 6.07) is 14.5. The van der Waals surface area contributed by atoms with Gasteiger partial charge < -0.3 is 5.32 Å². The Morgan fingerprint density at radius 3 is 2.56 bits per heavy atom. The van der Waals surface area contributed by atoms with Gasteiger partial charge in [0.25, 0.3) is 0 Å². The van der Waals surface area contributed by atoms with E-state index >= 15 is 0 Å². The lowest BCUT2D eigenvalue weighted by molar-refractivity contribution is 0.627. The lowest BCUT2D eigenvalue weighted by atomic mass is 10.1. The van der Waals surface area contributed by atoms with Gasteiger partial charge in [0.15, 0.2) is 0 Å². The third-order valence-corrected chi connectivity index (χ3v) is 2.94. The largest absolute Gasteiger partial charge is 0.382 e. The highest BCUT2D eigenvalue weighted by molar-refractivity contribution is 6.30. The first-order chi connectivity index (χ1) is 8.63. The minimum atomic E-state index is -0.223. The summed E-state index contributed by atoms with van der Waals surface area (Å²) in [6.07, 6.45) is 0.869. The molecule has 1 N–H and O–H groups in total. The summed E-state index contributed by atoms with van der Waals surface area (Å²) in [6.45, 7) is 2.07. The summed E-state index contributed by atoms with van der Waals surface area (Å²) in [5.74, 6) is -0.223. The molecule has 0 aliphatic carbocycles. The molecule has 0 amide bonds. The Hall–Kier alpha value is -1.54. The van der Waals surface area contributed by atoms with Crippen molar-refractivity contribution in [2.75, 3.05) is 5.32 Å². The van der Waals surface area contributed by atoms with Crippen molar-refractivity contribution < 1.29 is 4.39 Å². The molecule has 0 spiro atoms. The van der Waals surface area contributed by atoms with Crippen molar-refractivity contribution in [3.05, 3.63) is 64.9 Å².